The van der Waals surface area contributed by atoms with Gasteiger partial charge in [-0.3, -0.25) is 4.79 Å². The molecule has 0 fully saturated rings. The molecule has 0 spiro atoms. The summed E-state index contributed by atoms with van der Waals surface area (Å²) in [5.41, 5.74) is -4.55. The Morgan fingerprint density at radius 1 is 0.895 bits per heavy atom. The summed E-state index contributed by atoms with van der Waals surface area (Å²) in [7, 11) is 0. The van der Waals surface area contributed by atoms with E-state index in [9.17, 15) is 35.5 Å². The van der Waals surface area contributed by atoms with E-state index in [1.165, 1.54) is 0 Å². The molecule has 0 saturated heterocycles. The predicted octanol–water partition coefficient (Wildman–Crippen LogP) is 3.85. The third-order valence-corrected chi connectivity index (χ3v) is 2.77. The smallest absolute Gasteiger partial charge is 0.286 e. The van der Waals surface area contributed by atoms with Crippen LogP contribution in [-0.2, 0) is 5.92 Å². The third kappa shape index (κ3) is 1.52. The van der Waals surface area contributed by atoms with Crippen LogP contribution in [0.25, 0.3) is 0 Å². The minimum atomic E-state index is -4.74. The normalized spacial score (nSPS) is 17.8. The van der Waals surface area contributed by atoms with Crippen molar-refractivity contribution in [2.24, 2.45) is 0 Å². The van der Waals surface area contributed by atoms with Gasteiger partial charge in [-0.25, -0.2) is 17.6 Å². The lowest BCUT2D eigenvalue weighted by Gasteiger charge is -2.25. The number of carbonyl (C=O) groups excluding carboxylic acids is 1. The fourth-order valence-corrected chi connectivity index (χ4v) is 1.84. The van der Waals surface area contributed by atoms with Crippen molar-refractivity contribution in [1.29, 1.82) is 0 Å². The molecule has 2 rings (SSSR count). The second-order valence-electron chi connectivity index (χ2n) is 3.85. The molecule has 0 unspecified atom stereocenters. The Morgan fingerprint density at radius 2 is 1.42 bits per heavy atom. The number of allylic oxidation sites excluding steroid dienone is 2. The molecule has 1 aliphatic rings. The fourth-order valence-electron chi connectivity index (χ4n) is 1.84. The number of halogens is 7. The Balaban J connectivity index is 3.01. The van der Waals surface area contributed by atoms with Gasteiger partial charge in [0.1, 0.15) is 0 Å². The Bertz CT molecular complexity index is 645. The summed E-state index contributed by atoms with van der Waals surface area (Å²) >= 11 is 0. The first-order chi connectivity index (χ1) is 8.62. The summed E-state index contributed by atoms with van der Waals surface area (Å²) in [6.45, 7) is 0.606. The maximum atomic E-state index is 13.5. The molecule has 0 radical (unpaired) electrons. The molecule has 0 aliphatic heterocycles. The van der Waals surface area contributed by atoms with E-state index in [1.54, 1.807) is 0 Å². The van der Waals surface area contributed by atoms with Crippen molar-refractivity contribution in [3.8, 4) is 0 Å². The van der Waals surface area contributed by atoms with Crippen LogP contribution in [0.1, 0.15) is 21.5 Å². The summed E-state index contributed by atoms with van der Waals surface area (Å²) in [6.07, 6.45) is 0. The molecule has 1 aromatic rings. The van der Waals surface area contributed by atoms with Gasteiger partial charge in [0.2, 0.25) is 17.4 Å². The number of hydrogen-bond donors (Lipinski definition) is 0. The van der Waals surface area contributed by atoms with Crippen molar-refractivity contribution in [2.75, 3.05) is 0 Å². The van der Waals surface area contributed by atoms with Crippen LogP contribution < -0.4 is 0 Å². The van der Waals surface area contributed by atoms with Crippen LogP contribution in [0.4, 0.5) is 30.7 Å². The molecule has 102 valence electrons. The van der Waals surface area contributed by atoms with Gasteiger partial charge in [-0.15, -0.1) is 0 Å². The van der Waals surface area contributed by atoms with E-state index in [0.717, 1.165) is 0 Å². The predicted molar refractivity (Wildman–Crippen MR) is 48.5 cm³/mol. The Morgan fingerprint density at radius 3 is 1.95 bits per heavy atom. The molecule has 1 aromatic carbocycles. The molecule has 0 saturated carbocycles. The molecule has 0 amide bonds. The van der Waals surface area contributed by atoms with E-state index in [0.29, 0.717) is 6.92 Å². The van der Waals surface area contributed by atoms with Gasteiger partial charge >= 0.3 is 5.92 Å². The van der Waals surface area contributed by atoms with Crippen LogP contribution in [0.5, 0.6) is 0 Å². The number of alkyl halides is 2. The highest BCUT2D eigenvalue weighted by atomic mass is 19.3. The third-order valence-electron chi connectivity index (χ3n) is 2.77. The average molecular weight is 284 g/mol. The molecular weight excluding hydrogens is 281 g/mol. The average Bonchev–Trinajstić information content (AvgIpc) is 2.35. The van der Waals surface area contributed by atoms with Gasteiger partial charge in [0, 0.05) is 5.56 Å². The zero-order chi connectivity index (χ0) is 14.7. The summed E-state index contributed by atoms with van der Waals surface area (Å²) in [4.78, 5) is 11.2. The first-order valence-corrected chi connectivity index (χ1v) is 4.78. The first-order valence-electron chi connectivity index (χ1n) is 4.78. The zero-order valence-corrected chi connectivity index (χ0v) is 9.05. The van der Waals surface area contributed by atoms with Crippen LogP contribution in [0.3, 0.4) is 0 Å². The van der Waals surface area contributed by atoms with Crippen molar-refractivity contribution in [3.05, 3.63) is 45.8 Å². The number of benzene rings is 1. The highest BCUT2D eigenvalue weighted by molar-refractivity contribution is 6.10. The molecule has 1 nitrogen and oxygen atoms in total. The van der Waals surface area contributed by atoms with Gasteiger partial charge in [-0.2, -0.15) is 13.2 Å². The van der Waals surface area contributed by atoms with Gasteiger partial charge in [0.25, 0.3) is 0 Å². The summed E-state index contributed by atoms with van der Waals surface area (Å²) in [5.74, 6) is -18.6. The quantitative estimate of drug-likeness (QED) is 0.522. The van der Waals surface area contributed by atoms with E-state index in [4.69, 9.17) is 0 Å². The lowest BCUT2D eigenvalue weighted by atomic mass is 9.87. The van der Waals surface area contributed by atoms with Crippen molar-refractivity contribution in [2.45, 2.75) is 12.8 Å². The molecule has 0 N–H and O–H groups in total. The zero-order valence-electron chi connectivity index (χ0n) is 9.05. The van der Waals surface area contributed by atoms with Gasteiger partial charge in [0.05, 0.1) is 5.56 Å². The molecule has 1 aliphatic carbocycles. The summed E-state index contributed by atoms with van der Waals surface area (Å²) < 4.78 is 92.5. The Labute approximate surface area is 101 Å². The number of fused-ring (bicyclic) bond motifs is 1. The molecule has 0 heterocycles. The topological polar surface area (TPSA) is 17.1 Å². The lowest BCUT2D eigenvalue weighted by molar-refractivity contribution is 0.00418. The number of carbonyl (C=O) groups is 1. The van der Waals surface area contributed by atoms with Crippen LogP contribution in [0.2, 0.25) is 0 Å². The lowest BCUT2D eigenvalue weighted by Crippen LogP contribution is -2.30. The monoisotopic (exact) mass is 284 g/mol. The SMILES string of the molecule is Cc1c(F)c(F)c(F)c2c1C(F)(F)C(F)=C(F)C2=O. The van der Waals surface area contributed by atoms with Crippen LogP contribution in [0, 0.1) is 24.4 Å². The van der Waals surface area contributed by atoms with E-state index in [1.807, 2.05) is 0 Å². The standard InChI is InChI=1S/C11H3F7O/c1-2-4-3(6(13)7(14)5(2)12)9(19)8(15)10(16)11(4,17)18/h1H3. The molecule has 0 aromatic heterocycles. The maximum Gasteiger partial charge on any atom is 0.328 e. The summed E-state index contributed by atoms with van der Waals surface area (Å²) in [6, 6.07) is 0. The van der Waals surface area contributed by atoms with Crippen LogP contribution in [-0.4, -0.2) is 5.78 Å². The molecule has 19 heavy (non-hydrogen) atoms. The highest BCUT2D eigenvalue weighted by Gasteiger charge is 2.52. The molecule has 8 heteroatoms. The summed E-state index contributed by atoms with van der Waals surface area (Å²) in [5, 5.41) is 0. The second kappa shape index (κ2) is 3.82. The van der Waals surface area contributed by atoms with Crippen LogP contribution >= 0.6 is 0 Å². The van der Waals surface area contributed by atoms with E-state index >= 15 is 0 Å². The Hall–Kier alpha value is -1.86. The van der Waals surface area contributed by atoms with Gasteiger partial charge in [0.15, 0.2) is 17.5 Å². The van der Waals surface area contributed by atoms with Gasteiger partial charge in [-0.1, -0.05) is 0 Å². The number of ketones is 1. The highest BCUT2D eigenvalue weighted by Crippen LogP contribution is 2.47. The second-order valence-corrected chi connectivity index (χ2v) is 3.85. The molecule has 0 bridgehead atoms. The van der Waals surface area contributed by atoms with E-state index in [-0.39, 0.29) is 0 Å². The van der Waals surface area contributed by atoms with E-state index < -0.39 is 57.5 Å². The fraction of sp³-hybridized carbons (Fsp3) is 0.182. The number of hydrogen-bond acceptors (Lipinski definition) is 1. The number of rotatable bonds is 0. The largest absolute Gasteiger partial charge is 0.328 e. The van der Waals surface area contributed by atoms with Crippen molar-refractivity contribution < 1.29 is 35.5 Å². The van der Waals surface area contributed by atoms with Gasteiger partial charge < -0.3 is 0 Å². The minimum Gasteiger partial charge on any atom is -0.286 e. The maximum absolute atomic E-state index is 13.5. The van der Waals surface area contributed by atoms with Crippen molar-refractivity contribution in [3.63, 3.8) is 0 Å². The Kier molecular flexibility index (Phi) is 2.72. The molecule has 0 atom stereocenters. The van der Waals surface area contributed by atoms with Crippen molar-refractivity contribution >= 4 is 5.78 Å². The molecular formula is C11H3F7O. The van der Waals surface area contributed by atoms with Crippen molar-refractivity contribution in [1.82, 2.24) is 0 Å². The van der Waals surface area contributed by atoms with Crippen LogP contribution in [0.15, 0.2) is 11.7 Å². The van der Waals surface area contributed by atoms with Gasteiger partial charge in [-0.05, 0) is 12.5 Å². The first kappa shape index (κ1) is 13.6. The number of Topliss-reactive ketones (excluding diaryl/α,β-unsaturated/α-hetero) is 1. The van der Waals surface area contributed by atoms with E-state index in [2.05, 4.69) is 0 Å². The minimum absolute atomic E-state index is 0.606.